The molecule has 3 nitrogen and oxygen atoms in total. The smallest absolute Gasteiger partial charge is 0.0113 e. The fraction of sp³-hybridized carbons (Fsp3) is 1.00. The van der Waals surface area contributed by atoms with Gasteiger partial charge in [-0.25, -0.2) is 0 Å². The lowest BCUT2D eigenvalue weighted by molar-refractivity contribution is 0.156. The summed E-state index contributed by atoms with van der Waals surface area (Å²) < 4.78 is 0. The number of nitrogens with zero attached hydrogens (tertiary/aromatic N) is 3. The molecular formula is C21H49N3. The monoisotopic (exact) mass is 343 g/mol. The highest BCUT2D eigenvalue weighted by molar-refractivity contribution is 4.74. The van der Waals surface area contributed by atoms with Crippen molar-refractivity contribution < 1.29 is 0 Å². The predicted octanol–water partition coefficient (Wildman–Crippen LogP) is 4.82. The number of likely N-dealkylation sites (tertiary alicyclic amines) is 2. The van der Waals surface area contributed by atoms with Crippen molar-refractivity contribution in [3.63, 3.8) is 0 Å². The molecule has 2 aliphatic rings. The van der Waals surface area contributed by atoms with E-state index >= 15 is 0 Å². The van der Waals surface area contributed by atoms with E-state index in [1.165, 1.54) is 51.9 Å². The van der Waals surface area contributed by atoms with Gasteiger partial charge in [-0.3, -0.25) is 0 Å². The van der Waals surface area contributed by atoms with Gasteiger partial charge in [0.05, 0.1) is 0 Å². The molecule has 2 aliphatic heterocycles. The summed E-state index contributed by atoms with van der Waals surface area (Å²) in [5.74, 6) is 0.968. The minimum Gasteiger partial charge on any atom is -0.306 e. The van der Waals surface area contributed by atoms with Gasteiger partial charge in [-0.1, -0.05) is 34.6 Å². The van der Waals surface area contributed by atoms with Gasteiger partial charge in [0.25, 0.3) is 0 Å². The van der Waals surface area contributed by atoms with Crippen LogP contribution in [-0.2, 0) is 0 Å². The van der Waals surface area contributed by atoms with Crippen molar-refractivity contribution in [1.29, 1.82) is 0 Å². The van der Waals surface area contributed by atoms with Crippen LogP contribution in [0.4, 0.5) is 0 Å². The largest absolute Gasteiger partial charge is 0.306 e. The Morgan fingerprint density at radius 3 is 1.54 bits per heavy atom. The first-order valence-electron chi connectivity index (χ1n) is 10.5. The van der Waals surface area contributed by atoms with Gasteiger partial charge in [-0.05, 0) is 92.8 Å². The van der Waals surface area contributed by atoms with Crippen LogP contribution in [0.5, 0.6) is 0 Å². The standard InChI is InChI=1S/C9H19N.C8H18N2.2C2H6/c1-8(2)10-6-4-9(3)5-7-10;1-9(2)8-4-6-10(3)7-5-8;2*1-2/h8-9H,4-7H2,1-3H3;8H,4-7H2,1-3H3;2*1-2H3. The third kappa shape index (κ3) is 12.3. The maximum Gasteiger partial charge on any atom is 0.0113 e. The van der Waals surface area contributed by atoms with E-state index in [2.05, 4.69) is 56.6 Å². The molecule has 24 heavy (non-hydrogen) atoms. The van der Waals surface area contributed by atoms with Gasteiger partial charge in [0.1, 0.15) is 0 Å². The molecule has 2 fully saturated rings. The number of rotatable bonds is 2. The van der Waals surface area contributed by atoms with Gasteiger partial charge < -0.3 is 14.7 Å². The van der Waals surface area contributed by atoms with Gasteiger partial charge in [-0.2, -0.15) is 0 Å². The first kappa shape index (κ1) is 26.1. The average Bonchev–Trinajstić information content (AvgIpc) is 2.60. The highest BCUT2D eigenvalue weighted by Crippen LogP contribution is 2.17. The minimum absolute atomic E-state index is 0.757. The molecule has 2 heterocycles. The Labute approximate surface area is 154 Å². The Balaban J connectivity index is 0. The molecule has 0 amide bonds. The molecule has 2 rings (SSSR count). The van der Waals surface area contributed by atoms with Crippen LogP contribution in [0.3, 0.4) is 0 Å². The molecule has 0 N–H and O–H groups in total. The van der Waals surface area contributed by atoms with E-state index in [1.807, 2.05) is 27.7 Å². The molecule has 0 aliphatic carbocycles. The maximum atomic E-state index is 2.57. The van der Waals surface area contributed by atoms with E-state index in [0.717, 1.165) is 18.0 Å². The summed E-state index contributed by atoms with van der Waals surface area (Å²) in [5, 5.41) is 0. The molecule has 0 aromatic heterocycles. The Bertz CT molecular complexity index is 211. The van der Waals surface area contributed by atoms with E-state index in [0.29, 0.717) is 0 Å². The zero-order valence-electron chi connectivity index (χ0n) is 18.7. The van der Waals surface area contributed by atoms with E-state index in [1.54, 1.807) is 0 Å². The second-order valence-corrected chi connectivity index (χ2v) is 7.31. The summed E-state index contributed by atoms with van der Waals surface area (Å²) in [6.07, 6.45) is 5.48. The van der Waals surface area contributed by atoms with Crippen molar-refractivity contribution in [2.45, 2.75) is 86.2 Å². The van der Waals surface area contributed by atoms with Crippen molar-refractivity contribution in [3.8, 4) is 0 Å². The third-order valence-electron chi connectivity index (χ3n) is 4.97. The Kier molecular flexibility index (Phi) is 17.8. The SMILES string of the molecule is CC.CC.CC1CCN(C(C)C)CC1.CN1CCC(N(C)C)CC1. The molecule has 2 saturated heterocycles. The molecule has 0 aromatic rings. The molecule has 3 heteroatoms. The fourth-order valence-corrected chi connectivity index (χ4v) is 3.06. The van der Waals surface area contributed by atoms with E-state index in [9.17, 15) is 0 Å². The highest BCUT2D eigenvalue weighted by atomic mass is 15.2. The normalized spacial score (nSPS) is 20.5. The molecule has 0 spiro atoms. The second-order valence-electron chi connectivity index (χ2n) is 7.31. The van der Waals surface area contributed by atoms with Gasteiger partial charge in [0.2, 0.25) is 0 Å². The van der Waals surface area contributed by atoms with Crippen molar-refractivity contribution in [1.82, 2.24) is 14.7 Å². The fourth-order valence-electron chi connectivity index (χ4n) is 3.06. The summed E-state index contributed by atoms with van der Waals surface area (Å²) >= 11 is 0. The van der Waals surface area contributed by atoms with Gasteiger partial charge in [-0.15, -0.1) is 0 Å². The van der Waals surface area contributed by atoms with E-state index in [-0.39, 0.29) is 0 Å². The number of hydrogen-bond acceptors (Lipinski definition) is 3. The lowest BCUT2D eigenvalue weighted by atomic mass is 9.98. The first-order chi connectivity index (χ1) is 11.4. The summed E-state index contributed by atoms with van der Waals surface area (Å²) in [4.78, 5) is 7.31. The molecule has 0 bridgehead atoms. The Hall–Kier alpha value is -0.120. The zero-order chi connectivity index (χ0) is 19.1. The Morgan fingerprint density at radius 1 is 0.792 bits per heavy atom. The molecule has 0 unspecified atom stereocenters. The van der Waals surface area contributed by atoms with Crippen molar-refractivity contribution in [3.05, 3.63) is 0 Å². The first-order valence-corrected chi connectivity index (χ1v) is 10.5. The molecule has 0 aromatic carbocycles. The summed E-state index contributed by atoms with van der Waals surface area (Å²) in [7, 11) is 6.55. The topological polar surface area (TPSA) is 9.72 Å². The third-order valence-corrected chi connectivity index (χ3v) is 4.97. The van der Waals surface area contributed by atoms with Crippen LogP contribution < -0.4 is 0 Å². The molecule has 148 valence electrons. The van der Waals surface area contributed by atoms with Crippen LogP contribution in [-0.4, -0.2) is 74.1 Å². The van der Waals surface area contributed by atoms with Crippen LogP contribution in [0.15, 0.2) is 0 Å². The molecule has 0 radical (unpaired) electrons. The van der Waals surface area contributed by atoms with Crippen LogP contribution in [0.1, 0.15) is 74.1 Å². The van der Waals surface area contributed by atoms with Crippen LogP contribution in [0.25, 0.3) is 0 Å². The summed E-state index contributed by atoms with van der Waals surface area (Å²) in [6, 6.07) is 1.59. The molecule has 0 saturated carbocycles. The quantitative estimate of drug-likeness (QED) is 0.711. The highest BCUT2D eigenvalue weighted by Gasteiger charge is 2.17. The number of piperidine rings is 2. The minimum atomic E-state index is 0.757. The van der Waals surface area contributed by atoms with Crippen LogP contribution in [0, 0.1) is 5.92 Å². The van der Waals surface area contributed by atoms with Crippen molar-refractivity contribution >= 4 is 0 Å². The van der Waals surface area contributed by atoms with Crippen LogP contribution >= 0.6 is 0 Å². The second kappa shape index (κ2) is 16.4. The zero-order valence-corrected chi connectivity index (χ0v) is 18.7. The lowest BCUT2D eigenvalue weighted by Crippen LogP contribution is -2.40. The Morgan fingerprint density at radius 2 is 1.21 bits per heavy atom. The van der Waals surface area contributed by atoms with E-state index < -0.39 is 0 Å². The molecule has 0 atom stereocenters. The molecular weight excluding hydrogens is 294 g/mol. The van der Waals surface area contributed by atoms with Crippen LogP contribution in [0.2, 0.25) is 0 Å². The van der Waals surface area contributed by atoms with Gasteiger partial charge in [0, 0.05) is 12.1 Å². The maximum absolute atomic E-state index is 2.57. The summed E-state index contributed by atoms with van der Waals surface area (Å²) in [6.45, 7) is 20.1. The van der Waals surface area contributed by atoms with Crippen molar-refractivity contribution in [2.75, 3.05) is 47.3 Å². The predicted molar refractivity (Wildman–Crippen MR) is 112 cm³/mol. The van der Waals surface area contributed by atoms with Crippen molar-refractivity contribution in [2.24, 2.45) is 5.92 Å². The van der Waals surface area contributed by atoms with Gasteiger partial charge >= 0.3 is 0 Å². The summed E-state index contributed by atoms with van der Waals surface area (Å²) in [5.41, 5.74) is 0. The lowest BCUT2D eigenvalue weighted by Gasteiger charge is -2.33. The van der Waals surface area contributed by atoms with Gasteiger partial charge in [0.15, 0.2) is 0 Å². The average molecular weight is 344 g/mol. The van der Waals surface area contributed by atoms with E-state index in [4.69, 9.17) is 0 Å². The number of hydrogen-bond donors (Lipinski definition) is 0.